The average Bonchev–Trinajstić information content (AvgIpc) is 3.46. The Labute approximate surface area is 154 Å². The number of benzene rings is 1. The molecule has 6 nitrogen and oxygen atoms in total. The SMILES string of the molecule is OCC1CCN(c2nc3cc(NCC4CC4)cc4c3n2CCCO4)CC1. The Morgan fingerprint density at radius 2 is 1.96 bits per heavy atom. The summed E-state index contributed by atoms with van der Waals surface area (Å²) in [7, 11) is 0. The lowest BCUT2D eigenvalue weighted by atomic mass is 9.98. The van der Waals surface area contributed by atoms with Crippen molar-refractivity contribution in [3.63, 3.8) is 0 Å². The van der Waals surface area contributed by atoms with Crippen LogP contribution in [0.1, 0.15) is 32.1 Å². The van der Waals surface area contributed by atoms with Crippen molar-refractivity contribution in [3.05, 3.63) is 12.1 Å². The first-order valence-electron chi connectivity index (χ1n) is 10.1. The molecular weight excluding hydrogens is 328 g/mol. The van der Waals surface area contributed by atoms with Crippen molar-refractivity contribution in [3.8, 4) is 5.75 Å². The Hall–Kier alpha value is -1.95. The van der Waals surface area contributed by atoms with Gasteiger partial charge in [0.25, 0.3) is 0 Å². The van der Waals surface area contributed by atoms with Gasteiger partial charge in [0.15, 0.2) is 0 Å². The predicted molar refractivity (Wildman–Crippen MR) is 103 cm³/mol. The van der Waals surface area contributed by atoms with Gasteiger partial charge in [-0.05, 0) is 50.0 Å². The molecule has 1 aromatic heterocycles. The van der Waals surface area contributed by atoms with Crippen LogP contribution in [0.4, 0.5) is 11.6 Å². The maximum atomic E-state index is 9.41. The number of hydrogen-bond donors (Lipinski definition) is 2. The molecule has 26 heavy (non-hydrogen) atoms. The third-order valence-electron chi connectivity index (χ3n) is 6.02. The minimum absolute atomic E-state index is 0.304. The van der Waals surface area contributed by atoms with Gasteiger partial charge in [0.2, 0.25) is 5.95 Å². The van der Waals surface area contributed by atoms with Crippen molar-refractivity contribution in [2.24, 2.45) is 11.8 Å². The van der Waals surface area contributed by atoms with Gasteiger partial charge in [0.05, 0.1) is 12.1 Å². The summed E-state index contributed by atoms with van der Waals surface area (Å²) in [5.74, 6) is 3.31. The van der Waals surface area contributed by atoms with Gasteiger partial charge < -0.3 is 24.6 Å². The van der Waals surface area contributed by atoms with E-state index in [1.807, 2.05) is 0 Å². The second-order valence-electron chi connectivity index (χ2n) is 8.04. The zero-order chi connectivity index (χ0) is 17.5. The lowest BCUT2D eigenvalue weighted by Gasteiger charge is -2.32. The number of anilines is 2. The van der Waals surface area contributed by atoms with E-state index in [0.29, 0.717) is 12.5 Å². The molecule has 1 saturated carbocycles. The summed E-state index contributed by atoms with van der Waals surface area (Å²) in [5, 5.41) is 13.0. The van der Waals surface area contributed by atoms with E-state index in [0.717, 1.165) is 86.4 Å². The van der Waals surface area contributed by atoms with Crippen LogP contribution in [0.15, 0.2) is 12.1 Å². The third-order valence-corrected chi connectivity index (χ3v) is 6.02. The molecular formula is C20H28N4O2. The number of aromatic nitrogens is 2. The number of ether oxygens (including phenoxy) is 1. The first-order valence-corrected chi connectivity index (χ1v) is 10.1. The first-order chi connectivity index (χ1) is 12.8. The highest BCUT2D eigenvalue weighted by atomic mass is 16.5. The standard InChI is InChI=1S/C20H28N4O2/c25-13-15-4-7-23(8-5-15)20-22-17-10-16(21-12-14-2-3-14)11-18-19(17)24(20)6-1-9-26-18/h10-11,14-15,21,25H,1-9,12-13H2. The summed E-state index contributed by atoms with van der Waals surface area (Å²) in [6.45, 7) is 5.00. The highest BCUT2D eigenvalue weighted by Crippen LogP contribution is 2.37. The van der Waals surface area contributed by atoms with Crippen molar-refractivity contribution in [2.45, 2.75) is 38.6 Å². The molecule has 2 fully saturated rings. The van der Waals surface area contributed by atoms with Crippen molar-refractivity contribution < 1.29 is 9.84 Å². The van der Waals surface area contributed by atoms with Crippen molar-refractivity contribution in [1.82, 2.24) is 9.55 Å². The smallest absolute Gasteiger partial charge is 0.206 e. The van der Waals surface area contributed by atoms with Crippen LogP contribution in [0.25, 0.3) is 11.0 Å². The fourth-order valence-corrected chi connectivity index (χ4v) is 4.19. The fourth-order valence-electron chi connectivity index (χ4n) is 4.19. The normalized spacial score (nSPS) is 20.9. The summed E-state index contributed by atoms with van der Waals surface area (Å²) < 4.78 is 8.42. The molecule has 3 heterocycles. The van der Waals surface area contributed by atoms with Crippen molar-refractivity contribution in [2.75, 3.05) is 43.1 Å². The Morgan fingerprint density at radius 3 is 2.73 bits per heavy atom. The monoisotopic (exact) mass is 356 g/mol. The quantitative estimate of drug-likeness (QED) is 0.863. The molecule has 0 bridgehead atoms. The second kappa shape index (κ2) is 6.65. The Bertz CT molecular complexity index is 791. The number of piperidine rings is 1. The minimum Gasteiger partial charge on any atom is -0.491 e. The van der Waals surface area contributed by atoms with Gasteiger partial charge in [-0.2, -0.15) is 0 Å². The molecule has 6 heteroatoms. The van der Waals surface area contributed by atoms with Gasteiger partial charge in [-0.25, -0.2) is 4.98 Å². The maximum Gasteiger partial charge on any atom is 0.206 e. The second-order valence-corrected chi connectivity index (χ2v) is 8.04. The van der Waals surface area contributed by atoms with E-state index in [1.165, 1.54) is 12.8 Å². The summed E-state index contributed by atoms with van der Waals surface area (Å²) in [5.41, 5.74) is 3.29. The molecule has 2 aromatic rings. The largest absolute Gasteiger partial charge is 0.491 e. The van der Waals surface area contributed by atoms with E-state index < -0.39 is 0 Å². The number of aliphatic hydroxyl groups is 1. The summed E-state index contributed by atoms with van der Waals surface area (Å²) in [4.78, 5) is 7.40. The highest BCUT2D eigenvalue weighted by Gasteiger charge is 2.26. The number of aliphatic hydroxyl groups excluding tert-OH is 1. The predicted octanol–water partition coefficient (Wildman–Crippen LogP) is 2.85. The molecule has 0 spiro atoms. The number of nitrogens with zero attached hydrogens (tertiary/aromatic N) is 3. The van der Waals surface area contributed by atoms with Crippen LogP contribution in [0.2, 0.25) is 0 Å². The van der Waals surface area contributed by atoms with Gasteiger partial charge in [-0.15, -0.1) is 0 Å². The molecule has 2 N–H and O–H groups in total. The highest BCUT2D eigenvalue weighted by molar-refractivity contribution is 5.88. The third kappa shape index (κ3) is 3.00. The van der Waals surface area contributed by atoms with Crippen molar-refractivity contribution in [1.29, 1.82) is 0 Å². The summed E-state index contributed by atoms with van der Waals surface area (Å²) in [6.07, 6.45) is 5.78. The van der Waals surface area contributed by atoms with Gasteiger partial charge in [0.1, 0.15) is 11.3 Å². The molecule has 1 saturated heterocycles. The molecule has 0 unspecified atom stereocenters. The molecule has 0 amide bonds. The zero-order valence-corrected chi connectivity index (χ0v) is 15.3. The van der Waals surface area contributed by atoms with Crippen LogP contribution < -0.4 is 15.0 Å². The van der Waals surface area contributed by atoms with E-state index in [4.69, 9.17) is 9.72 Å². The van der Waals surface area contributed by atoms with Crippen LogP contribution in [-0.4, -0.2) is 47.5 Å². The van der Waals surface area contributed by atoms with Gasteiger partial charge in [-0.3, -0.25) is 0 Å². The molecule has 0 radical (unpaired) electrons. The Kier molecular flexibility index (Phi) is 4.15. The molecule has 5 rings (SSSR count). The number of hydrogen-bond acceptors (Lipinski definition) is 5. The van der Waals surface area contributed by atoms with Crippen LogP contribution in [0, 0.1) is 11.8 Å². The van der Waals surface area contributed by atoms with E-state index in [1.54, 1.807) is 0 Å². The van der Waals surface area contributed by atoms with E-state index in [-0.39, 0.29) is 0 Å². The number of nitrogens with one attached hydrogen (secondary N) is 1. The Morgan fingerprint density at radius 1 is 1.12 bits per heavy atom. The van der Waals surface area contributed by atoms with Crippen molar-refractivity contribution >= 4 is 22.7 Å². The number of rotatable bonds is 5. The zero-order valence-electron chi connectivity index (χ0n) is 15.3. The van der Waals surface area contributed by atoms with E-state index >= 15 is 0 Å². The average molecular weight is 356 g/mol. The van der Waals surface area contributed by atoms with Crippen LogP contribution in [-0.2, 0) is 6.54 Å². The Balaban J connectivity index is 1.49. The van der Waals surface area contributed by atoms with Crippen LogP contribution in [0.3, 0.4) is 0 Å². The summed E-state index contributed by atoms with van der Waals surface area (Å²) in [6, 6.07) is 4.33. The molecule has 2 aliphatic heterocycles. The maximum absolute atomic E-state index is 9.41. The van der Waals surface area contributed by atoms with Crippen LogP contribution in [0.5, 0.6) is 5.75 Å². The molecule has 140 valence electrons. The topological polar surface area (TPSA) is 62.5 Å². The van der Waals surface area contributed by atoms with Gasteiger partial charge in [0, 0.05) is 44.5 Å². The first kappa shape index (κ1) is 16.2. The lowest BCUT2D eigenvalue weighted by Crippen LogP contribution is -2.36. The number of aryl methyl sites for hydroxylation is 1. The van der Waals surface area contributed by atoms with Gasteiger partial charge in [-0.1, -0.05) is 0 Å². The molecule has 0 atom stereocenters. The van der Waals surface area contributed by atoms with Crippen LogP contribution >= 0.6 is 0 Å². The van der Waals surface area contributed by atoms with E-state index in [2.05, 4.69) is 26.9 Å². The fraction of sp³-hybridized carbons (Fsp3) is 0.650. The number of imidazole rings is 1. The minimum atomic E-state index is 0.304. The molecule has 3 aliphatic rings. The molecule has 1 aliphatic carbocycles. The molecule has 1 aromatic carbocycles. The van der Waals surface area contributed by atoms with Gasteiger partial charge >= 0.3 is 0 Å². The van der Waals surface area contributed by atoms with E-state index in [9.17, 15) is 5.11 Å². The lowest BCUT2D eigenvalue weighted by molar-refractivity contribution is 0.202. The summed E-state index contributed by atoms with van der Waals surface area (Å²) >= 11 is 0.